The summed E-state index contributed by atoms with van der Waals surface area (Å²) in [5.74, 6) is 1.38. The van der Waals surface area contributed by atoms with E-state index in [9.17, 15) is 0 Å². The van der Waals surface area contributed by atoms with Crippen molar-refractivity contribution in [3.8, 4) is 0 Å². The first-order chi connectivity index (χ1) is 10.00. The monoisotopic (exact) mass is 334 g/mol. The second kappa shape index (κ2) is 4.04. The SMILES string of the molecule is CC1(C)[C@@H]2CC[C@@]1(C)C(=S)/C2=C1/[C@H]2CC[C@@](C)([C@H]1S)C2(C)C. The van der Waals surface area contributed by atoms with Crippen molar-refractivity contribution in [2.75, 3.05) is 0 Å². The van der Waals surface area contributed by atoms with Gasteiger partial charge in [-0.05, 0) is 64.9 Å². The standard InChI is InChI=1S/C20H30S2/c1-17(2)11-7-9-19(17,5)15(21)13(11)14-12-8-10-20(6,16(14)22)18(12,3)4/h11-12,15,21H,7-10H2,1-6H3/b14-13-/t11-,12-,15+,19+,20+/m1/s1. The van der Waals surface area contributed by atoms with Gasteiger partial charge in [-0.25, -0.2) is 0 Å². The average molecular weight is 335 g/mol. The van der Waals surface area contributed by atoms with Crippen molar-refractivity contribution in [1.29, 1.82) is 0 Å². The molecule has 4 bridgehead atoms. The van der Waals surface area contributed by atoms with E-state index >= 15 is 0 Å². The Morgan fingerprint density at radius 1 is 0.909 bits per heavy atom. The third kappa shape index (κ3) is 1.35. The number of rotatable bonds is 0. The summed E-state index contributed by atoms with van der Waals surface area (Å²) in [5.41, 5.74) is 4.52. The molecule has 2 heteroatoms. The zero-order valence-corrected chi connectivity index (χ0v) is 16.6. The van der Waals surface area contributed by atoms with Crippen LogP contribution in [-0.2, 0) is 0 Å². The lowest BCUT2D eigenvalue weighted by Crippen LogP contribution is -2.33. The van der Waals surface area contributed by atoms with Gasteiger partial charge in [0.05, 0.1) is 0 Å². The molecule has 122 valence electrons. The maximum Gasteiger partial charge on any atom is 0.0294 e. The molecule has 4 aliphatic rings. The molecule has 0 amide bonds. The Balaban J connectivity index is 1.93. The predicted octanol–water partition coefficient (Wildman–Crippen LogP) is 5.86. The number of thiol groups is 1. The molecule has 0 spiro atoms. The van der Waals surface area contributed by atoms with Crippen LogP contribution in [0.1, 0.15) is 67.2 Å². The normalized spacial score (nSPS) is 54.5. The minimum absolute atomic E-state index is 0.232. The van der Waals surface area contributed by atoms with Gasteiger partial charge in [-0.1, -0.05) is 53.8 Å². The lowest BCUT2D eigenvalue weighted by Gasteiger charge is -2.37. The molecule has 0 heterocycles. The van der Waals surface area contributed by atoms with E-state index in [0.29, 0.717) is 33.3 Å². The lowest BCUT2D eigenvalue weighted by atomic mass is 9.71. The van der Waals surface area contributed by atoms with E-state index in [1.165, 1.54) is 30.5 Å². The maximum absolute atomic E-state index is 6.08. The number of hydrogen-bond acceptors (Lipinski definition) is 2. The van der Waals surface area contributed by atoms with Crippen LogP contribution in [0.5, 0.6) is 0 Å². The van der Waals surface area contributed by atoms with Crippen molar-refractivity contribution in [2.45, 2.75) is 72.5 Å². The Morgan fingerprint density at radius 2 is 1.50 bits per heavy atom. The Labute approximate surface area is 146 Å². The number of thiocarbonyl (C=S) groups is 1. The number of hydrogen-bond donors (Lipinski definition) is 1. The summed E-state index contributed by atoms with van der Waals surface area (Å²) < 4.78 is 0. The molecule has 0 unspecified atom stereocenters. The van der Waals surface area contributed by atoms with E-state index in [4.69, 9.17) is 24.8 Å². The highest BCUT2D eigenvalue weighted by Gasteiger charge is 2.68. The average Bonchev–Trinajstić information content (AvgIpc) is 2.90. The van der Waals surface area contributed by atoms with E-state index < -0.39 is 0 Å². The number of fused-ring (bicyclic) bond motifs is 4. The smallest absolute Gasteiger partial charge is 0.0294 e. The van der Waals surface area contributed by atoms with Gasteiger partial charge in [0.15, 0.2) is 0 Å². The van der Waals surface area contributed by atoms with E-state index in [1.54, 1.807) is 11.1 Å². The zero-order valence-electron chi connectivity index (χ0n) is 14.9. The second-order valence-corrected chi connectivity index (χ2v) is 10.9. The predicted molar refractivity (Wildman–Crippen MR) is 102 cm³/mol. The van der Waals surface area contributed by atoms with Crippen LogP contribution >= 0.6 is 24.8 Å². The fraction of sp³-hybridized carbons (Fsp3) is 0.850. The Kier molecular flexibility index (Phi) is 2.88. The first-order valence-corrected chi connectivity index (χ1v) is 9.89. The molecular weight excluding hydrogens is 304 g/mol. The first kappa shape index (κ1) is 15.7. The summed E-state index contributed by atoms with van der Waals surface area (Å²) in [6.07, 6.45) is 5.27. The van der Waals surface area contributed by atoms with E-state index in [-0.39, 0.29) is 5.41 Å². The fourth-order valence-corrected chi connectivity index (χ4v) is 8.03. The molecule has 4 rings (SSSR count). The minimum atomic E-state index is 0.232. The molecule has 0 nitrogen and oxygen atoms in total. The lowest BCUT2D eigenvalue weighted by molar-refractivity contribution is 0.157. The second-order valence-electron chi connectivity index (χ2n) is 9.98. The van der Waals surface area contributed by atoms with Gasteiger partial charge in [0.2, 0.25) is 0 Å². The van der Waals surface area contributed by atoms with Crippen LogP contribution in [0, 0.1) is 33.5 Å². The Morgan fingerprint density at radius 3 is 1.95 bits per heavy atom. The van der Waals surface area contributed by atoms with Crippen molar-refractivity contribution < 1.29 is 0 Å². The summed E-state index contributed by atoms with van der Waals surface area (Å²) in [7, 11) is 0. The van der Waals surface area contributed by atoms with E-state index in [2.05, 4.69) is 41.5 Å². The molecule has 22 heavy (non-hydrogen) atoms. The third-order valence-electron chi connectivity index (χ3n) is 9.20. The minimum Gasteiger partial charge on any atom is -0.171 e. The first-order valence-electron chi connectivity index (χ1n) is 8.97. The highest BCUT2D eigenvalue weighted by atomic mass is 32.1. The Hall–Kier alpha value is 0.180. The summed E-state index contributed by atoms with van der Waals surface area (Å²) in [5, 5.41) is 0.410. The summed E-state index contributed by atoms with van der Waals surface area (Å²) in [6.45, 7) is 14.8. The van der Waals surface area contributed by atoms with Crippen molar-refractivity contribution in [1.82, 2.24) is 0 Å². The van der Waals surface area contributed by atoms with Crippen LogP contribution in [0.25, 0.3) is 0 Å². The molecule has 4 saturated carbocycles. The molecule has 0 aliphatic heterocycles. The highest BCUT2D eigenvalue weighted by Crippen LogP contribution is 2.73. The van der Waals surface area contributed by atoms with Gasteiger partial charge in [-0.15, -0.1) is 0 Å². The van der Waals surface area contributed by atoms with Gasteiger partial charge >= 0.3 is 0 Å². The summed E-state index contributed by atoms with van der Waals surface area (Å²) >= 11 is 11.2. The zero-order chi connectivity index (χ0) is 16.3. The van der Waals surface area contributed by atoms with Gasteiger partial charge < -0.3 is 0 Å². The quantitative estimate of drug-likeness (QED) is 0.329. The molecule has 0 saturated heterocycles. The van der Waals surface area contributed by atoms with Crippen molar-refractivity contribution in [3.63, 3.8) is 0 Å². The van der Waals surface area contributed by atoms with E-state index in [1.807, 2.05) is 0 Å². The summed E-state index contributed by atoms with van der Waals surface area (Å²) in [6, 6.07) is 0. The van der Waals surface area contributed by atoms with Gasteiger partial charge in [-0.2, -0.15) is 12.6 Å². The molecule has 0 radical (unpaired) electrons. The van der Waals surface area contributed by atoms with Gasteiger partial charge in [0, 0.05) is 15.5 Å². The van der Waals surface area contributed by atoms with Crippen LogP contribution in [0.4, 0.5) is 0 Å². The van der Waals surface area contributed by atoms with Gasteiger partial charge in [0.25, 0.3) is 0 Å². The number of allylic oxidation sites excluding steroid dienone is 1. The third-order valence-corrected chi connectivity index (χ3v) is 10.7. The fourth-order valence-electron chi connectivity index (χ4n) is 6.63. The van der Waals surface area contributed by atoms with Crippen molar-refractivity contribution >= 4 is 29.7 Å². The largest absolute Gasteiger partial charge is 0.171 e. The van der Waals surface area contributed by atoms with Crippen LogP contribution in [-0.4, -0.2) is 10.1 Å². The highest BCUT2D eigenvalue weighted by molar-refractivity contribution is 7.81. The molecule has 0 aromatic carbocycles. The van der Waals surface area contributed by atoms with Crippen LogP contribution < -0.4 is 0 Å². The van der Waals surface area contributed by atoms with Crippen LogP contribution in [0.15, 0.2) is 11.1 Å². The van der Waals surface area contributed by atoms with Gasteiger partial charge in [-0.3, -0.25) is 0 Å². The van der Waals surface area contributed by atoms with Gasteiger partial charge in [0.1, 0.15) is 0 Å². The molecule has 0 aromatic rings. The van der Waals surface area contributed by atoms with E-state index in [0.717, 1.165) is 0 Å². The Bertz CT molecular complexity index is 611. The maximum atomic E-state index is 6.08. The molecule has 4 aliphatic carbocycles. The molecule has 0 N–H and O–H groups in total. The topological polar surface area (TPSA) is 0 Å². The summed E-state index contributed by atoms with van der Waals surface area (Å²) in [4.78, 5) is 1.30. The van der Waals surface area contributed by atoms with Crippen LogP contribution in [0.2, 0.25) is 0 Å². The molecule has 5 atom stereocenters. The molecular formula is C20H30S2. The molecule has 0 aromatic heterocycles. The molecule has 4 fully saturated rings. The van der Waals surface area contributed by atoms with Crippen molar-refractivity contribution in [3.05, 3.63) is 11.1 Å². The van der Waals surface area contributed by atoms with Crippen molar-refractivity contribution in [2.24, 2.45) is 33.5 Å². The van der Waals surface area contributed by atoms with Crippen LogP contribution in [0.3, 0.4) is 0 Å².